The lowest BCUT2D eigenvalue weighted by Crippen LogP contribution is -2.47. The van der Waals surface area contributed by atoms with Crippen LogP contribution in [0, 0.1) is 11.3 Å². The number of nitrogens with zero attached hydrogens (tertiary/aromatic N) is 3. The standard InChI is InChI=1S/C25H29F3N4O/c26-25(27,28)20-11-18-16-32(10-6-22(18)31-15-20)23(33)24-7-1-4-19(24)12-21(13-24)30-9-5-17-3-2-8-29-14-17/h2-3,8,11,14-15,19,21,30H,1,4-7,9-10,12-13,16H2. The molecule has 0 bridgehead atoms. The van der Waals surface area contributed by atoms with Crippen molar-refractivity contribution < 1.29 is 18.0 Å². The fraction of sp³-hybridized carbons (Fsp3) is 0.560. The van der Waals surface area contributed by atoms with Gasteiger partial charge in [-0.05, 0) is 67.8 Å². The van der Waals surface area contributed by atoms with E-state index >= 15 is 0 Å². The van der Waals surface area contributed by atoms with Gasteiger partial charge < -0.3 is 10.2 Å². The van der Waals surface area contributed by atoms with Crippen LogP contribution in [0.3, 0.4) is 0 Å². The van der Waals surface area contributed by atoms with Gasteiger partial charge in [0.2, 0.25) is 5.91 Å². The predicted molar refractivity (Wildman–Crippen MR) is 117 cm³/mol. The number of carbonyl (C=O) groups excluding carboxylic acids is 1. The number of hydrogen-bond donors (Lipinski definition) is 1. The summed E-state index contributed by atoms with van der Waals surface area (Å²) in [5.41, 5.74) is 1.27. The molecule has 1 amide bonds. The van der Waals surface area contributed by atoms with Crippen LogP contribution in [0.15, 0.2) is 36.8 Å². The molecule has 1 aliphatic heterocycles. The van der Waals surface area contributed by atoms with Crippen molar-refractivity contribution in [3.8, 4) is 0 Å². The Hall–Kier alpha value is -2.48. The third-order valence-corrected chi connectivity index (χ3v) is 7.79. The van der Waals surface area contributed by atoms with Crippen LogP contribution < -0.4 is 5.32 Å². The Morgan fingerprint density at radius 2 is 2.18 bits per heavy atom. The van der Waals surface area contributed by atoms with Gasteiger partial charge in [-0.25, -0.2) is 0 Å². The first-order valence-electron chi connectivity index (χ1n) is 11.8. The van der Waals surface area contributed by atoms with Crippen molar-refractivity contribution in [2.24, 2.45) is 11.3 Å². The molecule has 8 heteroatoms. The minimum Gasteiger partial charge on any atom is -0.337 e. The van der Waals surface area contributed by atoms with Gasteiger partial charge >= 0.3 is 6.18 Å². The van der Waals surface area contributed by atoms with E-state index in [1.54, 1.807) is 11.1 Å². The Morgan fingerprint density at radius 3 is 2.97 bits per heavy atom. The molecule has 2 saturated carbocycles. The molecule has 0 aromatic carbocycles. The van der Waals surface area contributed by atoms with Crippen LogP contribution in [0.25, 0.3) is 0 Å². The van der Waals surface area contributed by atoms with E-state index in [2.05, 4.69) is 21.4 Å². The number of amides is 1. The first kappa shape index (κ1) is 22.3. The molecule has 2 aromatic rings. The Morgan fingerprint density at radius 1 is 1.30 bits per heavy atom. The molecule has 0 saturated heterocycles. The fourth-order valence-electron chi connectivity index (χ4n) is 6.18. The highest BCUT2D eigenvalue weighted by Gasteiger charge is 2.56. The van der Waals surface area contributed by atoms with Gasteiger partial charge in [0.25, 0.3) is 0 Å². The Labute approximate surface area is 191 Å². The maximum absolute atomic E-state index is 13.8. The Bertz CT molecular complexity index is 1010. The van der Waals surface area contributed by atoms with E-state index in [1.165, 1.54) is 11.6 Å². The topological polar surface area (TPSA) is 58.1 Å². The number of fused-ring (bicyclic) bond motifs is 2. The van der Waals surface area contributed by atoms with E-state index in [4.69, 9.17) is 0 Å². The lowest BCUT2D eigenvalue weighted by atomic mass is 9.78. The zero-order valence-corrected chi connectivity index (χ0v) is 18.6. The normalized spacial score (nSPS) is 26.8. The zero-order chi connectivity index (χ0) is 23.1. The van der Waals surface area contributed by atoms with Crippen LogP contribution in [0.4, 0.5) is 13.2 Å². The van der Waals surface area contributed by atoms with Crippen LogP contribution in [-0.2, 0) is 30.4 Å². The molecule has 5 rings (SSSR count). The largest absolute Gasteiger partial charge is 0.417 e. The predicted octanol–water partition coefficient (Wildman–Crippen LogP) is 4.16. The van der Waals surface area contributed by atoms with Crippen molar-refractivity contribution in [3.05, 3.63) is 59.2 Å². The summed E-state index contributed by atoms with van der Waals surface area (Å²) in [5.74, 6) is 0.478. The van der Waals surface area contributed by atoms with Gasteiger partial charge in [-0.2, -0.15) is 13.2 Å². The lowest BCUT2D eigenvalue weighted by molar-refractivity contribution is -0.144. The minimum absolute atomic E-state index is 0.129. The van der Waals surface area contributed by atoms with E-state index in [-0.39, 0.29) is 17.9 Å². The van der Waals surface area contributed by atoms with Crippen LogP contribution >= 0.6 is 0 Å². The molecule has 0 radical (unpaired) electrons. The summed E-state index contributed by atoms with van der Waals surface area (Å²) < 4.78 is 39.5. The van der Waals surface area contributed by atoms with E-state index in [0.29, 0.717) is 36.2 Å². The van der Waals surface area contributed by atoms with Gasteiger partial charge in [0, 0.05) is 49.8 Å². The molecule has 5 nitrogen and oxygen atoms in total. The molecular formula is C25H29F3N4O. The number of pyridine rings is 2. The quantitative estimate of drug-likeness (QED) is 0.731. The van der Waals surface area contributed by atoms with E-state index in [0.717, 1.165) is 51.3 Å². The van der Waals surface area contributed by atoms with Crippen LogP contribution in [-0.4, -0.2) is 39.9 Å². The highest BCUT2D eigenvalue weighted by molar-refractivity contribution is 5.84. The molecule has 1 N–H and O–H groups in total. The average molecular weight is 459 g/mol. The summed E-state index contributed by atoms with van der Waals surface area (Å²) in [4.78, 5) is 23.8. The fourth-order valence-corrected chi connectivity index (χ4v) is 6.18. The molecule has 2 fully saturated rings. The van der Waals surface area contributed by atoms with Crippen LogP contribution in [0.1, 0.15) is 54.5 Å². The number of alkyl halides is 3. The highest BCUT2D eigenvalue weighted by atomic mass is 19.4. The first-order chi connectivity index (χ1) is 15.8. The third-order valence-electron chi connectivity index (χ3n) is 7.79. The van der Waals surface area contributed by atoms with Crippen molar-refractivity contribution in [2.45, 2.75) is 63.7 Å². The zero-order valence-electron chi connectivity index (χ0n) is 18.6. The van der Waals surface area contributed by atoms with Crippen molar-refractivity contribution in [3.63, 3.8) is 0 Å². The van der Waals surface area contributed by atoms with Gasteiger partial charge in [0.1, 0.15) is 0 Å². The van der Waals surface area contributed by atoms with Gasteiger partial charge in [0.05, 0.1) is 11.0 Å². The Kier molecular flexibility index (Phi) is 5.89. The summed E-state index contributed by atoms with van der Waals surface area (Å²) in [6.45, 7) is 1.59. The van der Waals surface area contributed by atoms with Crippen molar-refractivity contribution >= 4 is 5.91 Å². The lowest BCUT2D eigenvalue weighted by Gasteiger charge is -2.37. The molecule has 2 aromatic heterocycles. The summed E-state index contributed by atoms with van der Waals surface area (Å²) in [6.07, 6.45) is 6.30. The molecule has 3 atom stereocenters. The number of carbonyl (C=O) groups is 1. The van der Waals surface area contributed by atoms with E-state index in [9.17, 15) is 18.0 Å². The number of aromatic nitrogens is 2. The van der Waals surface area contributed by atoms with E-state index in [1.807, 2.05) is 12.3 Å². The monoisotopic (exact) mass is 458 g/mol. The second-order valence-corrected chi connectivity index (χ2v) is 9.75. The van der Waals surface area contributed by atoms with Gasteiger partial charge in [-0.15, -0.1) is 0 Å². The van der Waals surface area contributed by atoms with Crippen molar-refractivity contribution in [1.29, 1.82) is 0 Å². The number of hydrogen-bond acceptors (Lipinski definition) is 4. The maximum atomic E-state index is 13.8. The summed E-state index contributed by atoms with van der Waals surface area (Å²) in [7, 11) is 0. The molecule has 33 heavy (non-hydrogen) atoms. The smallest absolute Gasteiger partial charge is 0.337 e. The minimum atomic E-state index is -4.43. The summed E-state index contributed by atoms with van der Waals surface area (Å²) in [5, 5.41) is 3.65. The Balaban J connectivity index is 1.26. The molecule has 176 valence electrons. The number of halogens is 3. The van der Waals surface area contributed by atoms with Crippen molar-refractivity contribution in [2.75, 3.05) is 13.1 Å². The SMILES string of the molecule is O=C(N1CCc2ncc(C(F)(F)F)cc2C1)C12CCCC1CC(NCCc1cccnc1)C2. The molecule has 3 heterocycles. The molecular weight excluding hydrogens is 429 g/mol. The number of nitrogens with one attached hydrogen (secondary N) is 1. The second-order valence-electron chi connectivity index (χ2n) is 9.75. The van der Waals surface area contributed by atoms with Crippen LogP contribution in [0.5, 0.6) is 0 Å². The third kappa shape index (κ3) is 4.37. The highest BCUT2D eigenvalue weighted by Crippen LogP contribution is 2.55. The van der Waals surface area contributed by atoms with Gasteiger partial charge in [-0.3, -0.25) is 14.8 Å². The first-order valence-corrected chi connectivity index (χ1v) is 11.8. The number of rotatable bonds is 5. The van der Waals surface area contributed by atoms with Crippen molar-refractivity contribution in [1.82, 2.24) is 20.2 Å². The summed E-state index contributed by atoms with van der Waals surface area (Å²) >= 11 is 0. The molecule has 3 aliphatic rings. The van der Waals surface area contributed by atoms with Gasteiger partial charge in [0.15, 0.2) is 0 Å². The van der Waals surface area contributed by atoms with Gasteiger partial charge in [-0.1, -0.05) is 12.5 Å². The second kappa shape index (κ2) is 8.70. The van der Waals surface area contributed by atoms with Crippen LogP contribution in [0.2, 0.25) is 0 Å². The average Bonchev–Trinajstić information content (AvgIpc) is 3.36. The summed E-state index contributed by atoms with van der Waals surface area (Å²) in [6, 6.07) is 5.47. The molecule has 0 spiro atoms. The maximum Gasteiger partial charge on any atom is 0.417 e. The van der Waals surface area contributed by atoms with E-state index < -0.39 is 11.7 Å². The molecule has 2 aliphatic carbocycles. The molecule has 3 unspecified atom stereocenters.